The second-order valence-electron chi connectivity index (χ2n) is 8.84. The van der Waals surface area contributed by atoms with Crippen molar-refractivity contribution in [3.63, 3.8) is 0 Å². The highest BCUT2D eigenvalue weighted by Gasteiger charge is 2.27. The molecule has 2 heteroatoms. The molecule has 0 saturated carbocycles. The predicted octanol–water partition coefficient (Wildman–Crippen LogP) is 5.90. The largest absolute Gasteiger partial charge is 0.492 e. The maximum Gasteiger partial charge on any atom is 0.119 e. The third-order valence-corrected chi connectivity index (χ3v) is 4.36. The molecule has 1 aromatic rings. The number of benzene rings is 1. The van der Waals surface area contributed by atoms with Gasteiger partial charge in [-0.05, 0) is 60.9 Å². The Labute approximate surface area is 150 Å². The number of hydrogen-bond acceptors (Lipinski definition) is 2. The summed E-state index contributed by atoms with van der Waals surface area (Å²) in [5.41, 5.74) is 1.92. The van der Waals surface area contributed by atoms with Crippen LogP contribution >= 0.6 is 0 Å². The lowest BCUT2D eigenvalue weighted by Crippen LogP contribution is -2.30. The number of hydrogen-bond donors (Lipinski definition) is 0. The summed E-state index contributed by atoms with van der Waals surface area (Å²) in [4.78, 5) is 2.49. The van der Waals surface area contributed by atoms with Crippen molar-refractivity contribution in [2.45, 2.75) is 73.1 Å². The van der Waals surface area contributed by atoms with Gasteiger partial charge in [0.15, 0.2) is 0 Å². The van der Waals surface area contributed by atoms with Crippen LogP contribution < -0.4 is 4.74 Å². The van der Waals surface area contributed by atoms with E-state index in [9.17, 15) is 0 Å². The Morgan fingerprint density at radius 2 is 1.38 bits per heavy atom. The van der Waals surface area contributed by atoms with Crippen molar-refractivity contribution in [3.8, 4) is 5.75 Å². The Balaban J connectivity index is 2.55. The Kier molecular flexibility index (Phi) is 8.29. The molecule has 24 heavy (non-hydrogen) atoms. The van der Waals surface area contributed by atoms with Gasteiger partial charge in [-0.3, -0.25) is 4.90 Å². The maximum absolute atomic E-state index is 5.96. The van der Waals surface area contributed by atoms with Crippen LogP contribution in [0.25, 0.3) is 0 Å². The van der Waals surface area contributed by atoms with E-state index in [1.807, 2.05) is 0 Å². The molecule has 0 aliphatic heterocycles. The van der Waals surface area contributed by atoms with E-state index in [0.29, 0.717) is 5.41 Å². The summed E-state index contributed by atoms with van der Waals surface area (Å²) in [6.07, 6.45) is 3.58. The third-order valence-electron chi connectivity index (χ3n) is 4.36. The van der Waals surface area contributed by atoms with Gasteiger partial charge >= 0.3 is 0 Å². The van der Waals surface area contributed by atoms with Crippen LogP contribution in [0.5, 0.6) is 5.75 Å². The van der Waals surface area contributed by atoms with E-state index in [1.54, 1.807) is 0 Å². The highest BCUT2D eigenvalue weighted by Crippen LogP contribution is 2.36. The molecule has 2 nitrogen and oxygen atoms in total. The second kappa shape index (κ2) is 9.46. The van der Waals surface area contributed by atoms with Gasteiger partial charge in [0, 0.05) is 6.54 Å². The molecule has 0 fully saturated rings. The fourth-order valence-electron chi connectivity index (χ4n) is 3.69. The summed E-state index contributed by atoms with van der Waals surface area (Å²) in [6, 6.07) is 8.72. The first-order valence-corrected chi connectivity index (χ1v) is 9.63. The van der Waals surface area contributed by atoms with Crippen LogP contribution in [-0.4, -0.2) is 31.1 Å². The Morgan fingerprint density at radius 3 is 1.83 bits per heavy atom. The SMILES string of the molecule is CCCN(CCC)CCOc1ccc(C(C)(C)CC(C)(C)C)cc1. The zero-order valence-electron chi connectivity index (χ0n) is 17.1. The molecule has 0 spiro atoms. The van der Waals surface area contributed by atoms with Gasteiger partial charge in [0.05, 0.1) is 0 Å². The third kappa shape index (κ3) is 7.70. The fraction of sp³-hybridized carbons (Fsp3) is 0.727. The van der Waals surface area contributed by atoms with Gasteiger partial charge in [0.1, 0.15) is 12.4 Å². The lowest BCUT2D eigenvalue weighted by atomic mass is 9.72. The molecule has 0 amide bonds. The van der Waals surface area contributed by atoms with Gasteiger partial charge in [0.25, 0.3) is 0 Å². The highest BCUT2D eigenvalue weighted by molar-refractivity contribution is 5.31. The summed E-state index contributed by atoms with van der Waals surface area (Å²) in [7, 11) is 0. The standard InChI is InChI=1S/C22H39NO/c1-8-14-23(15-9-2)16-17-24-20-12-10-19(11-13-20)22(6,7)18-21(3,4)5/h10-13H,8-9,14-18H2,1-7H3. The average Bonchev–Trinajstić information content (AvgIpc) is 2.46. The first-order chi connectivity index (χ1) is 11.2. The van der Waals surface area contributed by atoms with E-state index in [1.165, 1.54) is 24.8 Å². The van der Waals surface area contributed by atoms with Crippen LogP contribution in [0.2, 0.25) is 0 Å². The number of nitrogens with zero attached hydrogens (tertiary/aromatic N) is 1. The maximum atomic E-state index is 5.96. The minimum atomic E-state index is 0.190. The predicted molar refractivity (Wildman–Crippen MR) is 106 cm³/mol. The van der Waals surface area contributed by atoms with E-state index >= 15 is 0 Å². The molecule has 0 saturated heterocycles. The summed E-state index contributed by atoms with van der Waals surface area (Å²) in [6.45, 7) is 20.2. The molecule has 0 atom stereocenters. The van der Waals surface area contributed by atoms with Crippen molar-refractivity contribution in [1.29, 1.82) is 0 Å². The van der Waals surface area contributed by atoms with Crippen molar-refractivity contribution in [2.24, 2.45) is 5.41 Å². The second-order valence-corrected chi connectivity index (χ2v) is 8.84. The molecule has 0 aromatic heterocycles. The van der Waals surface area contributed by atoms with Crippen molar-refractivity contribution < 1.29 is 4.74 Å². The molecule has 1 rings (SSSR count). The van der Waals surface area contributed by atoms with Gasteiger partial charge in [-0.15, -0.1) is 0 Å². The zero-order chi connectivity index (χ0) is 18.2. The quantitative estimate of drug-likeness (QED) is 0.528. The summed E-state index contributed by atoms with van der Waals surface area (Å²) in [5, 5.41) is 0. The van der Waals surface area contributed by atoms with Gasteiger partial charge in [0.2, 0.25) is 0 Å². The molecular weight excluding hydrogens is 294 g/mol. The molecule has 0 aliphatic carbocycles. The smallest absolute Gasteiger partial charge is 0.119 e. The molecule has 138 valence electrons. The van der Waals surface area contributed by atoms with Gasteiger partial charge in [-0.2, -0.15) is 0 Å². The Bertz CT molecular complexity index is 450. The van der Waals surface area contributed by atoms with E-state index in [4.69, 9.17) is 4.74 Å². The average molecular weight is 334 g/mol. The molecular formula is C22H39NO. The Hall–Kier alpha value is -1.02. The molecule has 0 heterocycles. The van der Waals surface area contributed by atoms with Crippen LogP contribution in [0.15, 0.2) is 24.3 Å². The fourth-order valence-corrected chi connectivity index (χ4v) is 3.69. The van der Waals surface area contributed by atoms with Crippen LogP contribution in [0.3, 0.4) is 0 Å². The Morgan fingerprint density at radius 1 is 0.833 bits per heavy atom. The van der Waals surface area contributed by atoms with Crippen LogP contribution in [0.4, 0.5) is 0 Å². The van der Waals surface area contributed by atoms with E-state index < -0.39 is 0 Å². The first-order valence-electron chi connectivity index (χ1n) is 9.63. The summed E-state index contributed by atoms with van der Waals surface area (Å²) >= 11 is 0. The minimum Gasteiger partial charge on any atom is -0.492 e. The van der Waals surface area contributed by atoms with Crippen molar-refractivity contribution in [3.05, 3.63) is 29.8 Å². The number of rotatable bonds is 10. The van der Waals surface area contributed by atoms with Crippen LogP contribution in [0.1, 0.15) is 73.3 Å². The van der Waals surface area contributed by atoms with Crippen molar-refractivity contribution >= 4 is 0 Å². The lowest BCUT2D eigenvalue weighted by Gasteiger charge is -2.33. The molecule has 0 aliphatic rings. The van der Waals surface area contributed by atoms with Gasteiger partial charge in [-0.1, -0.05) is 60.6 Å². The molecule has 0 unspecified atom stereocenters. The minimum absolute atomic E-state index is 0.190. The van der Waals surface area contributed by atoms with Gasteiger partial charge < -0.3 is 4.74 Å². The highest BCUT2D eigenvalue weighted by atomic mass is 16.5. The number of ether oxygens (including phenoxy) is 1. The summed E-state index contributed by atoms with van der Waals surface area (Å²) < 4.78 is 5.96. The molecule has 0 radical (unpaired) electrons. The topological polar surface area (TPSA) is 12.5 Å². The van der Waals surface area contributed by atoms with E-state index in [0.717, 1.165) is 32.0 Å². The van der Waals surface area contributed by atoms with Crippen LogP contribution in [0, 0.1) is 5.41 Å². The van der Waals surface area contributed by atoms with Crippen LogP contribution in [-0.2, 0) is 5.41 Å². The molecule has 0 bridgehead atoms. The van der Waals surface area contributed by atoms with E-state index in [2.05, 4.69) is 77.6 Å². The van der Waals surface area contributed by atoms with Gasteiger partial charge in [-0.25, -0.2) is 0 Å². The summed E-state index contributed by atoms with van der Waals surface area (Å²) in [5.74, 6) is 0.984. The first kappa shape index (κ1) is 21.0. The molecule has 1 aromatic carbocycles. The van der Waals surface area contributed by atoms with Crippen molar-refractivity contribution in [2.75, 3.05) is 26.2 Å². The lowest BCUT2D eigenvalue weighted by molar-refractivity contribution is 0.209. The van der Waals surface area contributed by atoms with E-state index in [-0.39, 0.29) is 5.41 Å². The molecule has 0 N–H and O–H groups in total. The monoisotopic (exact) mass is 333 g/mol. The van der Waals surface area contributed by atoms with Crippen molar-refractivity contribution in [1.82, 2.24) is 4.90 Å². The zero-order valence-corrected chi connectivity index (χ0v) is 17.1. The normalized spacial score (nSPS) is 12.7.